The lowest BCUT2D eigenvalue weighted by molar-refractivity contribution is -0.167. The third-order valence-electron chi connectivity index (χ3n) is 14.2. The maximum Gasteiger partial charge on any atom is 0.530 e. The van der Waals surface area contributed by atoms with Gasteiger partial charge in [0, 0.05) is 36.4 Å². The quantitative estimate of drug-likeness (QED) is 0.161. The van der Waals surface area contributed by atoms with Gasteiger partial charge in [-0.05, 0) is 115 Å². The van der Waals surface area contributed by atoms with Crippen LogP contribution in [-0.4, -0.2) is 52.2 Å². The molecule has 3 heterocycles. The van der Waals surface area contributed by atoms with E-state index >= 15 is 0 Å². The van der Waals surface area contributed by atoms with Gasteiger partial charge in [0.15, 0.2) is 0 Å². The van der Waals surface area contributed by atoms with Crippen molar-refractivity contribution in [3.63, 3.8) is 0 Å². The van der Waals surface area contributed by atoms with Crippen molar-refractivity contribution in [2.75, 3.05) is 6.61 Å². The summed E-state index contributed by atoms with van der Waals surface area (Å²) in [6.07, 6.45) is 6.33. The number of benzene rings is 1. The van der Waals surface area contributed by atoms with Crippen molar-refractivity contribution in [3.8, 4) is 5.75 Å². The van der Waals surface area contributed by atoms with Crippen LogP contribution in [0.25, 0.3) is 0 Å². The molecule has 16 heteroatoms. The number of nitrogens with zero attached hydrogens (tertiary/aromatic N) is 1. The van der Waals surface area contributed by atoms with E-state index in [1.165, 1.54) is 10.8 Å². The molecule has 5 fully saturated rings. The molecule has 1 aromatic heterocycles. The van der Waals surface area contributed by atoms with Gasteiger partial charge in [0.2, 0.25) is 0 Å². The highest BCUT2D eigenvalue weighted by atomic mass is 125. The topological polar surface area (TPSA) is 179 Å². The Hall–Kier alpha value is -2.85. The van der Waals surface area contributed by atoms with Crippen LogP contribution in [0.2, 0.25) is 0 Å². The lowest BCUT2D eigenvalue weighted by Crippen LogP contribution is -2.54. The molecule has 2 unspecified atom stereocenters. The zero-order valence-electron chi connectivity index (χ0n) is 32.0. The Labute approximate surface area is 338 Å². The van der Waals surface area contributed by atoms with Gasteiger partial charge in [-0.25, -0.2) is 9.36 Å². The average molecular weight is 907 g/mol. The van der Waals surface area contributed by atoms with Gasteiger partial charge in [-0.2, -0.15) is 0 Å². The number of fused-ring (bicyclic) bond motifs is 6. The summed E-state index contributed by atoms with van der Waals surface area (Å²) < 4.78 is 49.8. The van der Waals surface area contributed by atoms with Gasteiger partial charge < -0.3 is 18.7 Å². The van der Waals surface area contributed by atoms with E-state index in [0.717, 1.165) is 62.5 Å². The Morgan fingerprint density at radius 3 is 2.57 bits per heavy atom. The lowest BCUT2D eigenvalue weighted by atomic mass is 9.45. The number of esters is 2. The highest BCUT2D eigenvalue weighted by Gasteiger charge is 2.61. The highest BCUT2D eigenvalue weighted by molar-refractivity contribution is 14.1. The first-order valence-electron chi connectivity index (χ1n) is 19.9. The molecule has 1 N–H and O–H groups in total. The molecule has 11 atom stereocenters. The standard InChI is InChI=1S/C40H50IN2O12P/c1-22-5-4-6-30-26(22)20-50-56(49,55-30)51-21-32-31(18-34(52-32)43-19-29(41)37(47)42-38(43)48)53-35(45)11-12-36(46)54-33-10-9-27-25-8-7-23-17-24(44)13-15-39(23,2)28(25)14-16-40(27,33)3/h4-6,19,23,25,27-28,31-34H,7-18,20-21H2,1-3H3,(H,42,47,48)/t23-,25-,27-,28?,31-,32+,33-,34+,39-,40-,56?/m0/s1/i41-2. The minimum atomic E-state index is -4.08. The van der Waals surface area contributed by atoms with E-state index < -0.39 is 49.4 Å². The second kappa shape index (κ2) is 15.4. The van der Waals surface area contributed by atoms with E-state index in [0.29, 0.717) is 41.6 Å². The number of ketones is 1. The van der Waals surface area contributed by atoms with Crippen LogP contribution in [0.15, 0.2) is 34.0 Å². The average Bonchev–Trinajstić information content (AvgIpc) is 3.71. The number of nitrogens with one attached hydrogen (secondary N) is 1. The van der Waals surface area contributed by atoms with Gasteiger partial charge in [0.1, 0.15) is 36.1 Å². The smallest absolute Gasteiger partial charge is 0.462 e. The molecule has 6 aliphatic rings. The number of phosphoric ester groups is 1. The summed E-state index contributed by atoms with van der Waals surface area (Å²) in [6, 6.07) is 5.33. The van der Waals surface area contributed by atoms with E-state index in [4.69, 9.17) is 27.8 Å². The number of halogens is 1. The van der Waals surface area contributed by atoms with Crippen LogP contribution in [0.4, 0.5) is 0 Å². The minimum absolute atomic E-state index is 0.0119. The second-order valence-electron chi connectivity index (χ2n) is 17.2. The summed E-state index contributed by atoms with van der Waals surface area (Å²) in [4.78, 5) is 65.9. The Bertz CT molecular complexity index is 2070. The Kier molecular flexibility index (Phi) is 11.0. The number of aromatic nitrogens is 2. The number of hydrogen-bond acceptors (Lipinski definition) is 12. The summed E-state index contributed by atoms with van der Waals surface area (Å²) in [7, 11) is -4.08. The molecule has 1 saturated heterocycles. The molecule has 1 aromatic carbocycles. The van der Waals surface area contributed by atoms with Crippen LogP contribution in [0, 0.1) is 45.0 Å². The molecular formula is C40H50IN2O12P. The van der Waals surface area contributed by atoms with Crippen LogP contribution in [0.1, 0.15) is 108 Å². The number of H-pyrrole nitrogens is 1. The van der Waals surface area contributed by atoms with E-state index in [2.05, 4.69) is 18.8 Å². The Morgan fingerprint density at radius 2 is 1.77 bits per heavy atom. The van der Waals surface area contributed by atoms with Gasteiger partial charge in [0.05, 0.1) is 29.6 Å². The SMILES string of the molecule is Cc1cccc2c1COP(=O)(OC[C@H]1O[C@@H](n3cc([125I])c(=O)[nH]c3=O)C[C@@H]1OC(=O)CCC(=O)O[C@H]1CC[C@H]3[C@@H]4CC[C@H]5CC(=O)CC[C@]5(C)C4CC[C@]13C)O2. The van der Waals surface area contributed by atoms with Crippen molar-refractivity contribution < 1.29 is 46.7 Å². The fraction of sp³-hybridized carbons (Fsp3) is 0.675. The summed E-state index contributed by atoms with van der Waals surface area (Å²) in [5.74, 6) is 1.79. The maximum absolute atomic E-state index is 13.5. The van der Waals surface area contributed by atoms with Crippen LogP contribution in [0.5, 0.6) is 5.75 Å². The lowest BCUT2D eigenvalue weighted by Gasteiger charge is -2.60. The second-order valence-corrected chi connectivity index (χ2v) is 20.0. The van der Waals surface area contributed by atoms with Crippen molar-refractivity contribution in [3.05, 3.63) is 59.9 Å². The van der Waals surface area contributed by atoms with E-state index in [-0.39, 0.29) is 53.0 Å². The molecule has 0 amide bonds. The molecule has 4 saturated carbocycles. The van der Waals surface area contributed by atoms with Gasteiger partial charge in [0.25, 0.3) is 5.56 Å². The van der Waals surface area contributed by atoms with Crippen LogP contribution < -0.4 is 15.8 Å². The molecule has 0 radical (unpaired) electrons. The van der Waals surface area contributed by atoms with Crippen LogP contribution >= 0.6 is 30.4 Å². The molecule has 2 aliphatic heterocycles. The molecule has 0 spiro atoms. The van der Waals surface area contributed by atoms with E-state index in [1.807, 2.05) is 13.0 Å². The van der Waals surface area contributed by atoms with Crippen molar-refractivity contribution >= 4 is 48.1 Å². The molecule has 56 heavy (non-hydrogen) atoms. The number of Topliss-reactive ketones (excluding diaryl/α,β-unsaturated/α-hetero) is 1. The van der Waals surface area contributed by atoms with Crippen molar-refractivity contribution in [2.45, 2.75) is 129 Å². The molecule has 2 aromatic rings. The van der Waals surface area contributed by atoms with E-state index in [9.17, 15) is 28.5 Å². The van der Waals surface area contributed by atoms with Gasteiger partial charge in [-0.15, -0.1) is 0 Å². The van der Waals surface area contributed by atoms with Crippen molar-refractivity contribution in [1.82, 2.24) is 9.55 Å². The summed E-state index contributed by atoms with van der Waals surface area (Å²) >= 11 is 1.80. The fourth-order valence-electron chi connectivity index (χ4n) is 11.1. The molecule has 304 valence electrons. The first-order chi connectivity index (χ1) is 26.7. The van der Waals surface area contributed by atoms with Crippen LogP contribution in [-0.2, 0) is 48.8 Å². The fourth-order valence-corrected chi connectivity index (χ4v) is 12.8. The van der Waals surface area contributed by atoms with Gasteiger partial charge in [-0.1, -0.05) is 26.0 Å². The zero-order valence-corrected chi connectivity index (χ0v) is 35.1. The summed E-state index contributed by atoms with van der Waals surface area (Å²) in [5.41, 5.74) is 0.486. The number of rotatable bonds is 9. The Balaban J connectivity index is 0.885. The predicted octanol–water partition coefficient (Wildman–Crippen LogP) is 6.69. The molecule has 8 rings (SSSR count). The normalized spacial score (nSPS) is 37.4. The number of carbonyl (C=O) groups excluding carboxylic acids is 3. The number of hydrogen-bond donors (Lipinski definition) is 1. The molecular weight excluding hydrogens is 856 g/mol. The van der Waals surface area contributed by atoms with E-state index in [1.54, 1.807) is 34.7 Å². The van der Waals surface area contributed by atoms with Gasteiger partial charge in [-0.3, -0.25) is 37.8 Å². The maximum atomic E-state index is 13.5. The summed E-state index contributed by atoms with van der Waals surface area (Å²) in [5, 5.41) is 0. The number of ether oxygens (including phenoxy) is 3. The number of aryl methyl sites for hydroxylation is 1. The highest BCUT2D eigenvalue weighted by Crippen LogP contribution is 2.66. The Morgan fingerprint density at radius 1 is 1.00 bits per heavy atom. The summed E-state index contributed by atoms with van der Waals surface area (Å²) in [6.45, 7) is 6.23. The zero-order chi connectivity index (χ0) is 39.6. The predicted molar refractivity (Wildman–Crippen MR) is 208 cm³/mol. The van der Waals surface area contributed by atoms with Crippen molar-refractivity contribution in [2.24, 2.45) is 34.5 Å². The first-order valence-corrected chi connectivity index (χ1v) is 22.4. The number of carbonyl (C=O) groups is 3. The molecule has 0 bridgehead atoms. The van der Waals surface area contributed by atoms with Gasteiger partial charge >= 0.3 is 25.5 Å². The molecule has 14 nitrogen and oxygen atoms in total. The number of phosphoric acid groups is 1. The largest absolute Gasteiger partial charge is 0.530 e. The molecule has 4 aliphatic carbocycles. The third kappa shape index (κ3) is 7.48. The monoisotopic (exact) mass is 906 g/mol. The number of aromatic amines is 1. The first kappa shape index (κ1) is 40.0. The van der Waals surface area contributed by atoms with Crippen LogP contribution in [0.3, 0.4) is 0 Å². The van der Waals surface area contributed by atoms with Crippen molar-refractivity contribution in [1.29, 1.82) is 0 Å². The third-order valence-corrected chi connectivity index (χ3v) is 16.3. The minimum Gasteiger partial charge on any atom is -0.462 e.